The number of hydrogen-bond acceptors (Lipinski definition) is 8. The lowest BCUT2D eigenvalue weighted by atomic mass is 9.97. The van der Waals surface area contributed by atoms with Crippen LogP contribution in [-0.4, -0.2) is 85.7 Å². The lowest BCUT2D eigenvalue weighted by Gasteiger charge is -2.42. The number of benzene rings is 2. The molecule has 0 spiro atoms. The molecule has 12 heteroatoms. The normalized spacial score (nSPS) is 16.6. The van der Waals surface area contributed by atoms with Gasteiger partial charge in [-0.05, 0) is 63.1 Å². The minimum absolute atomic E-state index is 0.123. The molecule has 2 heterocycles. The molecule has 1 aromatic heterocycles. The second kappa shape index (κ2) is 13.1. The molecule has 1 unspecified atom stereocenters. The van der Waals surface area contributed by atoms with Crippen LogP contribution in [0.25, 0.3) is 10.9 Å². The Morgan fingerprint density at radius 3 is 2.30 bits per heavy atom. The molecule has 44 heavy (non-hydrogen) atoms. The molecule has 1 fully saturated rings. The van der Waals surface area contributed by atoms with E-state index in [1.165, 1.54) is 18.8 Å². The van der Waals surface area contributed by atoms with E-state index in [9.17, 15) is 22.8 Å². The van der Waals surface area contributed by atoms with Gasteiger partial charge in [-0.1, -0.05) is 6.07 Å². The third kappa shape index (κ3) is 7.47. The van der Waals surface area contributed by atoms with Gasteiger partial charge in [0, 0.05) is 55.9 Å². The van der Waals surface area contributed by atoms with Crippen LogP contribution < -0.4 is 9.47 Å². The van der Waals surface area contributed by atoms with Crippen LogP contribution in [0.3, 0.4) is 0 Å². The molecule has 1 aliphatic rings. The number of fused-ring (bicyclic) bond motifs is 1. The van der Waals surface area contributed by atoms with Crippen LogP contribution in [0.1, 0.15) is 60.3 Å². The van der Waals surface area contributed by atoms with Crippen molar-refractivity contribution in [3.63, 3.8) is 0 Å². The van der Waals surface area contributed by atoms with Crippen LogP contribution in [0.5, 0.6) is 11.5 Å². The summed E-state index contributed by atoms with van der Waals surface area (Å²) in [5.41, 5.74) is 2.70. The highest BCUT2D eigenvalue weighted by Gasteiger charge is 2.34. The first-order chi connectivity index (χ1) is 20.7. The Kier molecular flexibility index (Phi) is 9.84. The number of aryl methyl sites for hydroxylation is 1. The molecule has 0 bridgehead atoms. The van der Waals surface area contributed by atoms with E-state index in [-0.39, 0.29) is 18.2 Å². The Morgan fingerprint density at radius 1 is 0.977 bits per heavy atom. The predicted molar refractivity (Wildman–Crippen MR) is 159 cm³/mol. The molecule has 9 nitrogen and oxygen atoms in total. The van der Waals surface area contributed by atoms with Crippen LogP contribution in [0.15, 0.2) is 36.5 Å². The van der Waals surface area contributed by atoms with Gasteiger partial charge >= 0.3 is 18.2 Å². The van der Waals surface area contributed by atoms with Gasteiger partial charge in [-0.2, -0.15) is 13.2 Å². The predicted octanol–water partition coefficient (Wildman–Crippen LogP) is 6.35. The lowest BCUT2D eigenvalue weighted by Crippen LogP contribution is -2.48. The van der Waals surface area contributed by atoms with Crippen LogP contribution in [0.2, 0.25) is 0 Å². The molecule has 3 aromatic rings. The largest absolute Gasteiger partial charge is 0.496 e. The molecule has 1 saturated heterocycles. The van der Waals surface area contributed by atoms with Gasteiger partial charge in [0.25, 0.3) is 0 Å². The molecule has 1 atom stereocenters. The van der Waals surface area contributed by atoms with E-state index >= 15 is 0 Å². The first-order valence-corrected chi connectivity index (χ1v) is 14.4. The second-order valence-corrected chi connectivity index (χ2v) is 11.9. The molecule has 4 rings (SSSR count). The fourth-order valence-corrected chi connectivity index (χ4v) is 5.64. The number of nitrogens with zero attached hydrogens (tertiary/aromatic N) is 3. The first kappa shape index (κ1) is 33.1. The summed E-state index contributed by atoms with van der Waals surface area (Å²) < 4.78 is 62.6. The Labute approximate surface area is 255 Å². The molecule has 0 aliphatic carbocycles. The number of esters is 1. The molecule has 0 N–H and O–H groups in total. The molecule has 240 valence electrons. The van der Waals surface area contributed by atoms with Gasteiger partial charge in [-0.25, -0.2) is 9.59 Å². The van der Waals surface area contributed by atoms with Crippen LogP contribution in [-0.2, 0) is 16.0 Å². The standard InChI is InChI=1S/C32H40F3N3O6/c1-20-16-26(41-5)24(22-10-12-38(28(20)22)30(40)44-31(2,3)4)18-37-15-14-36(13-11-32(33,34)35)19-25(37)21-8-9-23(29(39)43-7)27(17-21)42-6/h8-10,12,16-17,25H,11,13-15,18-19H2,1-7H3. The van der Waals surface area contributed by atoms with E-state index in [2.05, 4.69) is 4.90 Å². The average Bonchev–Trinajstić information content (AvgIpc) is 3.42. The zero-order valence-electron chi connectivity index (χ0n) is 26.2. The quantitative estimate of drug-likeness (QED) is 0.270. The molecular weight excluding hydrogens is 579 g/mol. The van der Waals surface area contributed by atoms with Crippen molar-refractivity contribution in [2.45, 2.75) is 58.5 Å². The number of carbonyl (C=O) groups is 2. The summed E-state index contributed by atoms with van der Waals surface area (Å²) in [5, 5.41) is 0.810. The zero-order valence-corrected chi connectivity index (χ0v) is 26.2. The average molecular weight is 620 g/mol. The summed E-state index contributed by atoms with van der Waals surface area (Å²) in [5.74, 6) is 0.391. The van der Waals surface area contributed by atoms with Gasteiger partial charge in [0.05, 0.1) is 33.3 Å². The number of aromatic nitrogens is 1. The Bertz CT molecular complexity index is 1510. The highest BCUT2D eigenvalue weighted by molar-refractivity contribution is 5.95. The van der Waals surface area contributed by atoms with Gasteiger partial charge in [-0.15, -0.1) is 0 Å². The topological polar surface area (TPSA) is 82.5 Å². The number of ether oxygens (including phenoxy) is 4. The molecule has 2 aromatic carbocycles. The lowest BCUT2D eigenvalue weighted by molar-refractivity contribution is -0.139. The number of piperazine rings is 1. The molecule has 0 saturated carbocycles. The second-order valence-electron chi connectivity index (χ2n) is 11.9. The fraction of sp³-hybridized carbons (Fsp3) is 0.500. The van der Waals surface area contributed by atoms with Gasteiger partial charge in [-0.3, -0.25) is 14.4 Å². The van der Waals surface area contributed by atoms with Crippen LogP contribution >= 0.6 is 0 Å². The van der Waals surface area contributed by atoms with Gasteiger partial charge in [0.2, 0.25) is 0 Å². The van der Waals surface area contributed by atoms with Crippen molar-refractivity contribution in [3.8, 4) is 11.5 Å². The maximum atomic E-state index is 13.1. The Balaban J connectivity index is 1.75. The van der Waals surface area contributed by atoms with Crippen molar-refractivity contribution in [3.05, 3.63) is 58.8 Å². The van der Waals surface area contributed by atoms with Crippen LogP contribution in [0.4, 0.5) is 18.0 Å². The number of rotatable bonds is 8. The third-order valence-electron chi connectivity index (χ3n) is 7.70. The van der Waals surface area contributed by atoms with Crippen molar-refractivity contribution >= 4 is 23.0 Å². The van der Waals surface area contributed by atoms with Crippen molar-refractivity contribution in [1.82, 2.24) is 14.4 Å². The number of alkyl halides is 3. The van der Waals surface area contributed by atoms with Crippen molar-refractivity contribution in [2.75, 3.05) is 47.5 Å². The fourth-order valence-electron chi connectivity index (χ4n) is 5.64. The highest BCUT2D eigenvalue weighted by atomic mass is 19.4. The van der Waals surface area contributed by atoms with Crippen molar-refractivity contribution < 1.29 is 41.7 Å². The molecule has 1 aliphatic heterocycles. The zero-order chi connectivity index (χ0) is 32.4. The van der Waals surface area contributed by atoms with Crippen LogP contribution in [0, 0.1) is 6.92 Å². The summed E-state index contributed by atoms with van der Waals surface area (Å²) in [6.45, 7) is 8.80. The van der Waals surface area contributed by atoms with E-state index in [4.69, 9.17) is 18.9 Å². The van der Waals surface area contributed by atoms with Crippen molar-refractivity contribution in [1.29, 1.82) is 0 Å². The summed E-state index contributed by atoms with van der Waals surface area (Å²) in [4.78, 5) is 29.3. The van der Waals surface area contributed by atoms with Gasteiger partial charge < -0.3 is 18.9 Å². The summed E-state index contributed by atoms with van der Waals surface area (Å²) >= 11 is 0. The molecular formula is C32H40F3N3O6. The third-order valence-corrected chi connectivity index (χ3v) is 7.70. The number of halogens is 3. The summed E-state index contributed by atoms with van der Waals surface area (Å²) in [6, 6.07) is 8.51. The van der Waals surface area contributed by atoms with E-state index in [1.54, 1.807) is 57.2 Å². The number of hydrogen-bond donors (Lipinski definition) is 0. The summed E-state index contributed by atoms with van der Waals surface area (Å²) in [7, 11) is 4.31. The van der Waals surface area contributed by atoms with E-state index in [0.717, 1.165) is 22.1 Å². The van der Waals surface area contributed by atoms with E-state index < -0.39 is 30.3 Å². The smallest absolute Gasteiger partial charge is 0.419 e. The SMILES string of the molecule is COC(=O)c1ccc(C2CN(CCC(F)(F)F)CCN2Cc2c(OC)cc(C)c3c2ccn3C(=O)OC(C)(C)C)cc1OC. The van der Waals surface area contributed by atoms with E-state index in [0.29, 0.717) is 43.2 Å². The Morgan fingerprint density at radius 2 is 1.68 bits per heavy atom. The molecule has 0 radical (unpaired) electrons. The van der Waals surface area contributed by atoms with Gasteiger partial charge in [0.15, 0.2) is 0 Å². The first-order valence-electron chi connectivity index (χ1n) is 14.4. The minimum Gasteiger partial charge on any atom is -0.496 e. The Hall–Kier alpha value is -3.77. The number of carbonyl (C=O) groups excluding carboxylic acids is 2. The maximum absolute atomic E-state index is 13.1. The van der Waals surface area contributed by atoms with Crippen molar-refractivity contribution in [2.24, 2.45) is 0 Å². The monoisotopic (exact) mass is 619 g/mol. The molecule has 0 amide bonds. The minimum atomic E-state index is -4.26. The highest BCUT2D eigenvalue weighted by Crippen LogP contribution is 2.37. The number of methoxy groups -OCH3 is 3. The van der Waals surface area contributed by atoms with E-state index in [1.807, 2.05) is 19.1 Å². The maximum Gasteiger partial charge on any atom is 0.419 e. The van der Waals surface area contributed by atoms with Gasteiger partial charge in [0.1, 0.15) is 22.7 Å². The summed E-state index contributed by atoms with van der Waals surface area (Å²) in [6.07, 6.45) is -3.99.